The van der Waals surface area contributed by atoms with E-state index in [0.29, 0.717) is 11.4 Å². The Labute approximate surface area is 205 Å². The normalized spacial score (nSPS) is 12.0. The van der Waals surface area contributed by atoms with E-state index in [1.807, 2.05) is 36.4 Å². The van der Waals surface area contributed by atoms with Crippen LogP contribution < -0.4 is 10.2 Å². The van der Waals surface area contributed by atoms with Crippen LogP contribution in [0.1, 0.15) is 52.3 Å². The third-order valence-electron chi connectivity index (χ3n) is 5.48. The summed E-state index contributed by atoms with van der Waals surface area (Å²) in [5, 5.41) is 14.8. The summed E-state index contributed by atoms with van der Waals surface area (Å²) in [6, 6.07) is 17.7. The number of carbonyl (C=O) groups is 1. The molecule has 2 aromatic carbocycles. The monoisotopic (exact) mass is 476 g/mol. The second-order valence-electron chi connectivity index (χ2n) is 10.3. The summed E-state index contributed by atoms with van der Waals surface area (Å²) in [5.74, 6) is 0.235. The summed E-state index contributed by atoms with van der Waals surface area (Å²) in [7, 11) is 0. The van der Waals surface area contributed by atoms with Crippen LogP contribution in [-0.4, -0.2) is 28.2 Å². The molecule has 184 valence electrons. The van der Waals surface area contributed by atoms with Crippen molar-refractivity contribution in [2.45, 2.75) is 46.5 Å². The number of benzene rings is 2. The van der Waals surface area contributed by atoms with E-state index in [1.165, 1.54) is 23.9 Å². The van der Waals surface area contributed by atoms with Gasteiger partial charge < -0.3 is 9.30 Å². The molecule has 35 heavy (non-hydrogen) atoms. The van der Waals surface area contributed by atoms with Gasteiger partial charge in [0.15, 0.2) is 6.61 Å². The van der Waals surface area contributed by atoms with Gasteiger partial charge in [-0.3, -0.25) is 14.9 Å². The lowest BCUT2D eigenvalue weighted by atomic mass is 9.72. The van der Waals surface area contributed by atoms with Crippen LogP contribution in [0, 0.1) is 15.5 Å². The molecule has 1 amide bonds. The number of nitro groups is 1. The summed E-state index contributed by atoms with van der Waals surface area (Å²) in [6.45, 7) is 11.0. The van der Waals surface area contributed by atoms with E-state index >= 15 is 0 Å². The minimum absolute atomic E-state index is 0.0200. The second kappa shape index (κ2) is 10.5. The van der Waals surface area contributed by atoms with Crippen LogP contribution in [0.15, 0.2) is 72.0 Å². The standard InChI is InChI=1S/C27H32N4O4/c1-26(2,3)19-27(4,5)20-8-14-24(15-9-20)35-18-25(32)29-28-17-23-7-6-16-30(23)21-10-12-22(13-11-21)31(33)34/h6-17H,18-19H2,1-5H3,(H,29,32). The van der Waals surface area contributed by atoms with E-state index in [9.17, 15) is 14.9 Å². The summed E-state index contributed by atoms with van der Waals surface area (Å²) in [5.41, 5.74) is 5.41. The highest BCUT2D eigenvalue weighted by atomic mass is 16.6. The number of hydrazone groups is 1. The van der Waals surface area contributed by atoms with Gasteiger partial charge in [0.05, 0.1) is 16.8 Å². The predicted octanol–water partition coefficient (Wildman–Crippen LogP) is 5.63. The molecule has 3 rings (SSSR count). The molecule has 0 saturated heterocycles. The van der Waals surface area contributed by atoms with Gasteiger partial charge in [-0.25, -0.2) is 5.43 Å². The van der Waals surface area contributed by atoms with Crippen LogP contribution in [0.25, 0.3) is 5.69 Å². The maximum Gasteiger partial charge on any atom is 0.277 e. The van der Waals surface area contributed by atoms with Gasteiger partial charge in [-0.1, -0.05) is 46.8 Å². The van der Waals surface area contributed by atoms with Gasteiger partial charge >= 0.3 is 0 Å². The topological polar surface area (TPSA) is 98.8 Å². The molecule has 0 unspecified atom stereocenters. The summed E-state index contributed by atoms with van der Waals surface area (Å²) in [4.78, 5) is 22.6. The van der Waals surface area contributed by atoms with Crippen LogP contribution in [0.2, 0.25) is 0 Å². The lowest BCUT2D eigenvalue weighted by Crippen LogP contribution is -2.25. The van der Waals surface area contributed by atoms with E-state index < -0.39 is 4.92 Å². The van der Waals surface area contributed by atoms with E-state index in [2.05, 4.69) is 45.1 Å². The maximum absolute atomic E-state index is 12.2. The molecule has 0 fully saturated rings. The molecular formula is C27H32N4O4. The Bertz CT molecular complexity index is 1190. The number of ether oxygens (including phenoxy) is 1. The highest BCUT2D eigenvalue weighted by Gasteiger charge is 2.27. The zero-order valence-electron chi connectivity index (χ0n) is 20.8. The first-order chi connectivity index (χ1) is 16.4. The van der Waals surface area contributed by atoms with E-state index in [0.717, 1.165) is 12.1 Å². The second-order valence-corrected chi connectivity index (χ2v) is 10.3. The molecule has 0 aliphatic carbocycles. The Balaban J connectivity index is 1.53. The van der Waals surface area contributed by atoms with Gasteiger partial charge in [0.25, 0.3) is 11.6 Å². The molecule has 0 saturated carbocycles. The average Bonchev–Trinajstić information content (AvgIpc) is 3.25. The van der Waals surface area contributed by atoms with E-state index in [1.54, 1.807) is 22.9 Å². The molecule has 0 spiro atoms. The van der Waals surface area contributed by atoms with Crippen molar-refractivity contribution in [1.29, 1.82) is 0 Å². The third kappa shape index (κ3) is 7.27. The Hall–Kier alpha value is -3.94. The number of nitrogens with one attached hydrogen (secondary N) is 1. The van der Waals surface area contributed by atoms with Gasteiger partial charge in [0.1, 0.15) is 5.75 Å². The number of aromatic nitrogens is 1. The predicted molar refractivity (Wildman–Crippen MR) is 137 cm³/mol. The van der Waals surface area contributed by atoms with Crippen molar-refractivity contribution in [3.63, 3.8) is 0 Å². The molecule has 8 heteroatoms. The Kier molecular flexibility index (Phi) is 7.74. The fraction of sp³-hybridized carbons (Fsp3) is 0.333. The molecule has 0 aliphatic rings. The zero-order chi connectivity index (χ0) is 25.6. The summed E-state index contributed by atoms with van der Waals surface area (Å²) < 4.78 is 7.41. The SMILES string of the molecule is CC(C)(C)CC(C)(C)c1ccc(OCC(=O)NN=Cc2cccn2-c2ccc([N+](=O)[O-])cc2)cc1. The Morgan fingerprint density at radius 3 is 2.31 bits per heavy atom. The lowest BCUT2D eigenvalue weighted by molar-refractivity contribution is -0.384. The van der Waals surface area contributed by atoms with Crippen LogP contribution in [0.5, 0.6) is 5.75 Å². The number of hydrogen-bond acceptors (Lipinski definition) is 5. The van der Waals surface area contributed by atoms with Gasteiger partial charge in [-0.2, -0.15) is 5.10 Å². The van der Waals surface area contributed by atoms with Crippen LogP contribution in [0.4, 0.5) is 5.69 Å². The number of rotatable bonds is 9. The maximum atomic E-state index is 12.2. The number of nitrogens with zero attached hydrogens (tertiary/aromatic N) is 3. The quantitative estimate of drug-likeness (QED) is 0.246. The first-order valence-electron chi connectivity index (χ1n) is 11.4. The fourth-order valence-electron chi connectivity index (χ4n) is 4.25. The summed E-state index contributed by atoms with van der Waals surface area (Å²) in [6.07, 6.45) is 4.36. The highest BCUT2D eigenvalue weighted by Crippen LogP contribution is 2.36. The van der Waals surface area contributed by atoms with Crippen molar-refractivity contribution in [3.05, 3.63) is 88.2 Å². The van der Waals surface area contributed by atoms with Gasteiger partial charge in [-0.15, -0.1) is 0 Å². The third-order valence-corrected chi connectivity index (χ3v) is 5.48. The average molecular weight is 477 g/mol. The molecule has 1 aromatic heterocycles. The number of non-ortho nitro benzene ring substituents is 1. The first-order valence-corrected chi connectivity index (χ1v) is 11.4. The van der Waals surface area contributed by atoms with Gasteiger partial charge in [-0.05, 0) is 59.2 Å². The van der Waals surface area contributed by atoms with Crippen molar-refractivity contribution in [3.8, 4) is 11.4 Å². The van der Waals surface area contributed by atoms with E-state index in [-0.39, 0.29) is 29.0 Å². The van der Waals surface area contributed by atoms with Crippen LogP contribution in [0.3, 0.4) is 0 Å². The zero-order valence-corrected chi connectivity index (χ0v) is 20.8. The van der Waals surface area contributed by atoms with E-state index in [4.69, 9.17) is 4.74 Å². The summed E-state index contributed by atoms with van der Waals surface area (Å²) >= 11 is 0. The molecule has 1 N–H and O–H groups in total. The lowest BCUT2D eigenvalue weighted by Gasteiger charge is -2.33. The van der Waals surface area contributed by atoms with Crippen LogP contribution >= 0.6 is 0 Å². The molecular weight excluding hydrogens is 444 g/mol. The number of hydrogen-bond donors (Lipinski definition) is 1. The van der Waals surface area contributed by atoms with Crippen molar-refractivity contribution in [2.24, 2.45) is 10.5 Å². The van der Waals surface area contributed by atoms with Gasteiger partial charge in [0, 0.05) is 24.0 Å². The van der Waals surface area contributed by atoms with Crippen LogP contribution in [-0.2, 0) is 10.2 Å². The van der Waals surface area contributed by atoms with Crippen molar-refractivity contribution >= 4 is 17.8 Å². The smallest absolute Gasteiger partial charge is 0.277 e. The fourth-order valence-corrected chi connectivity index (χ4v) is 4.25. The largest absolute Gasteiger partial charge is 0.484 e. The number of amides is 1. The van der Waals surface area contributed by atoms with Gasteiger partial charge in [0.2, 0.25) is 0 Å². The Morgan fingerprint density at radius 2 is 1.71 bits per heavy atom. The van der Waals surface area contributed by atoms with Crippen molar-refractivity contribution in [2.75, 3.05) is 6.61 Å². The minimum atomic E-state index is -0.443. The minimum Gasteiger partial charge on any atom is -0.484 e. The highest BCUT2D eigenvalue weighted by molar-refractivity contribution is 5.82. The molecule has 3 aromatic rings. The van der Waals surface area contributed by atoms with Crippen molar-refractivity contribution in [1.82, 2.24) is 9.99 Å². The molecule has 0 radical (unpaired) electrons. The first kappa shape index (κ1) is 25.7. The number of carbonyl (C=O) groups excluding carboxylic acids is 1. The molecule has 0 aliphatic heterocycles. The number of nitro benzene ring substituents is 1. The molecule has 8 nitrogen and oxygen atoms in total. The molecule has 1 heterocycles. The molecule has 0 atom stereocenters. The molecule has 0 bridgehead atoms. The van der Waals surface area contributed by atoms with Crippen molar-refractivity contribution < 1.29 is 14.5 Å². The Morgan fingerprint density at radius 1 is 1.06 bits per heavy atom.